The number of unbranched alkanes of at least 4 members (excludes halogenated alkanes) is 8. The number of ether oxygens (including phenoxy) is 1. The quantitative estimate of drug-likeness (QED) is 0.246. The molecule has 4 heteroatoms. The van der Waals surface area contributed by atoms with E-state index in [1.807, 2.05) is 7.05 Å². The maximum Gasteiger partial charge on any atom is 0.305 e. The molecule has 4 nitrogen and oxygen atoms in total. The van der Waals surface area contributed by atoms with Crippen molar-refractivity contribution in [3.05, 3.63) is 11.8 Å². The number of carbonyl (C=O) groups excluding carboxylic acids is 2. The van der Waals surface area contributed by atoms with Crippen LogP contribution in [0.5, 0.6) is 0 Å². The number of nitrogens with one attached hydrogen (secondary N) is 1. The zero-order valence-electron chi connectivity index (χ0n) is 16.0. The summed E-state index contributed by atoms with van der Waals surface area (Å²) in [4.78, 5) is 22.9. The van der Waals surface area contributed by atoms with Gasteiger partial charge in [0.15, 0.2) is 5.78 Å². The summed E-state index contributed by atoms with van der Waals surface area (Å²) in [5.41, 5.74) is 1.06. The molecule has 0 amide bonds. The van der Waals surface area contributed by atoms with E-state index in [2.05, 4.69) is 17.0 Å². The van der Waals surface area contributed by atoms with Crippen LogP contribution in [0.1, 0.15) is 90.4 Å². The Morgan fingerprint density at radius 2 is 1.38 bits per heavy atom. The zero-order valence-corrected chi connectivity index (χ0v) is 16.0. The number of methoxy groups -OCH3 is 1. The summed E-state index contributed by atoms with van der Waals surface area (Å²) < 4.78 is 4.62. The van der Waals surface area contributed by atoms with Crippen molar-refractivity contribution in [3.63, 3.8) is 0 Å². The highest BCUT2D eigenvalue weighted by atomic mass is 16.5. The Hall–Kier alpha value is -1.32. The van der Waals surface area contributed by atoms with Gasteiger partial charge in [0.25, 0.3) is 0 Å². The largest absolute Gasteiger partial charge is 0.469 e. The van der Waals surface area contributed by atoms with E-state index in [0.29, 0.717) is 12.8 Å². The third kappa shape index (κ3) is 14.3. The van der Waals surface area contributed by atoms with E-state index < -0.39 is 0 Å². The predicted molar refractivity (Wildman–Crippen MR) is 99.9 cm³/mol. The molecule has 0 radical (unpaired) electrons. The van der Waals surface area contributed by atoms with Gasteiger partial charge in [-0.3, -0.25) is 9.59 Å². The van der Waals surface area contributed by atoms with Gasteiger partial charge in [0.05, 0.1) is 7.11 Å². The highest BCUT2D eigenvalue weighted by molar-refractivity contribution is 5.90. The zero-order chi connectivity index (χ0) is 18.0. The Balaban J connectivity index is 3.68. The second-order valence-corrected chi connectivity index (χ2v) is 6.39. The van der Waals surface area contributed by atoms with Gasteiger partial charge in [-0.15, -0.1) is 0 Å². The second-order valence-electron chi connectivity index (χ2n) is 6.39. The third-order valence-electron chi connectivity index (χ3n) is 4.24. The molecule has 140 valence electrons. The number of rotatable bonds is 16. The number of esters is 1. The van der Waals surface area contributed by atoms with E-state index in [-0.39, 0.29) is 11.8 Å². The Morgan fingerprint density at radius 1 is 0.833 bits per heavy atom. The summed E-state index contributed by atoms with van der Waals surface area (Å²) in [7, 11) is 3.33. The summed E-state index contributed by atoms with van der Waals surface area (Å²) in [6.07, 6.45) is 15.1. The Kier molecular flexibility index (Phi) is 15.6. The van der Waals surface area contributed by atoms with Crippen molar-refractivity contribution in [3.8, 4) is 0 Å². The molecule has 0 atom stereocenters. The van der Waals surface area contributed by atoms with Gasteiger partial charge in [-0.2, -0.15) is 0 Å². The summed E-state index contributed by atoms with van der Waals surface area (Å²) in [5, 5.41) is 3.15. The van der Waals surface area contributed by atoms with Crippen molar-refractivity contribution in [2.24, 2.45) is 0 Å². The van der Waals surface area contributed by atoms with E-state index in [1.165, 1.54) is 32.8 Å². The van der Waals surface area contributed by atoms with Crippen LogP contribution in [0.25, 0.3) is 0 Å². The van der Waals surface area contributed by atoms with Gasteiger partial charge in [-0.1, -0.05) is 51.9 Å². The van der Waals surface area contributed by atoms with Gasteiger partial charge in [0, 0.05) is 25.6 Å². The van der Waals surface area contributed by atoms with Gasteiger partial charge in [-0.05, 0) is 31.8 Å². The third-order valence-corrected chi connectivity index (χ3v) is 4.24. The number of allylic oxidation sites excluding steroid dienone is 2. The van der Waals surface area contributed by atoms with E-state index in [0.717, 1.165) is 50.6 Å². The lowest BCUT2D eigenvalue weighted by Crippen LogP contribution is -2.08. The lowest BCUT2D eigenvalue weighted by atomic mass is 10.1. The van der Waals surface area contributed by atoms with Gasteiger partial charge < -0.3 is 10.1 Å². The van der Waals surface area contributed by atoms with E-state index in [4.69, 9.17) is 0 Å². The molecule has 0 saturated carbocycles. The molecule has 24 heavy (non-hydrogen) atoms. The van der Waals surface area contributed by atoms with Crippen LogP contribution in [-0.2, 0) is 14.3 Å². The summed E-state index contributed by atoms with van der Waals surface area (Å²) in [5.74, 6) is 0.136. The average molecular weight is 340 g/mol. The van der Waals surface area contributed by atoms with Crippen molar-refractivity contribution in [2.75, 3.05) is 14.2 Å². The van der Waals surface area contributed by atoms with E-state index >= 15 is 0 Å². The van der Waals surface area contributed by atoms with Crippen molar-refractivity contribution in [1.82, 2.24) is 5.32 Å². The molecule has 0 aliphatic carbocycles. The smallest absolute Gasteiger partial charge is 0.305 e. The average Bonchev–Trinajstić information content (AvgIpc) is 2.59. The minimum absolute atomic E-state index is 0.113. The first-order valence-electron chi connectivity index (χ1n) is 9.62. The fourth-order valence-electron chi connectivity index (χ4n) is 2.66. The molecule has 0 aromatic heterocycles. The van der Waals surface area contributed by atoms with Crippen LogP contribution in [0, 0.1) is 0 Å². The first-order chi connectivity index (χ1) is 11.6. The minimum Gasteiger partial charge on any atom is -0.469 e. The molecule has 0 spiro atoms. The molecule has 0 fully saturated rings. The molecule has 0 aliphatic heterocycles. The monoisotopic (exact) mass is 339 g/mol. The Bertz CT molecular complexity index is 364. The van der Waals surface area contributed by atoms with Gasteiger partial charge in [0.2, 0.25) is 0 Å². The molecule has 0 rings (SSSR count). The van der Waals surface area contributed by atoms with Crippen molar-refractivity contribution in [2.45, 2.75) is 90.4 Å². The van der Waals surface area contributed by atoms with Gasteiger partial charge >= 0.3 is 5.97 Å². The first-order valence-corrected chi connectivity index (χ1v) is 9.62. The summed E-state index contributed by atoms with van der Waals surface area (Å²) in [6.45, 7) is 2.18. The molecule has 0 saturated heterocycles. The molecule has 1 N–H and O–H groups in total. The maximum absolute atomic E-state index is 11.9. The topological polar surface area (TPSA) is 55.4 Å². The van der Waals surface area contributed by atoms with Crippen LogP contribution in [0.4, 0.5) is 0 Å². The van der Waals surface area contributed by atoms with Crippen LogP contribution in [-0.4, -0.2) is 25.9 Å². The first kappa shape index (κ1) is 22.7. The summed E-state index contributed by atoms with van der Waals surface area (Å²) in [6, 6.07) is 0. The highest BCUT2D eigenvalue weighted by Crippen LogP contribution is 2.12. The fourth-order valence-corrected chi connectivity index (χ4v) is 2.66. The van der Waals surface area contributed by atoms with Crippen LogP contribution in [0.15, 0.2) is 11.8 Å². The van der Waals surface area contributed by atoms with E-state index in [9.17, 15) is 9.59 Å². The Labute approximate surface area is 148 Å². The van der Waals surface area contributed by atoms with E-state index in [1.54, 1.807) is 6.08 Å². The molecule has 0 aromatic rings. The number of carbonyl (C=O) groups is 2. The molecule has 0 aromatic carbocycles. The standard InChI is InChI=1S/C20H37NO3/c1-4-5-6-12-15-19(22)17-18(21-2)14-11-9-7-8-10-13-16-20(23)24-3/h17,21H,4-16H2,1-3H3/b18-17-. The number of hydrogen-bond donors (Lipinski definition) is 1. The van der Waals surface area contributed by atoms with Crippen molar-refractivity contribution < 1.29 is 14.3 Å². The van der Waals surface area contributed by atoms with Crippen LogP contribution in [0.3, 0.4) is 0 Å². The highest BCUT2D eigenvalue weighted by Gasteiger charge is 2.02. The van der Waals surface area contributed by atoms with Crippen molar-refractivity contribution >= 4 is 11.8 Å². The van der Waals surface area contributed by atoms with Crippen LogP contribution >= 0.6 is 0 Å². The van der Waals surface area contributed by atoms with Gasteiger partial charge in [-0.25, -0.2) is 0 Å². The molecular weight excluding hydrogens is 302 g/mol. The van der Waals surface area contributed by atoms with Gasteiger partial charge in [0.1, 0.15) is 0 Å². The minimum atomic E-state index is -0.113. The maximum atomic E-state index is 11.9. The lowest BCUT2D eigenvalue weighted by molar-refractivity contribution is -0.140. The molecule has 0 unspecified atom stereocenters. The molecule has 0 heterocycles. The molecular formula is C20H37NO3. The SMILES string of the molecule is CCCCCCC(=O)/C=C(/CCCCCCCCC(=O)OC)NC. The molecule has 0 bridgehead atoms. The van der Waals surface area contributed by atoms with Crippen molar-refractivity contribution in [1.29, 1.82) is 0 Å². The lowest BCUT2D eigenvalue weighted by Gasteiger charge is -2.07. The Morgan fingerprint density at radius 3 is 1.96 bits per heavy atom. The summed E-state index contributed by atoms with van der Waals surface area (Å²) >= 11 is 0. The fraction of sp³-hybridized carbons (Fsp3) is 0.800. The van der Waals surface area contributed by atoms with Crippen LogP contribution < -0.4 is 5.32 Å². The number of hydrogen-bond acceptors (Lipinski definition) is 4. The normalized spacial score (nSPS) is 11.4. The second kappa shape index (κ2) is 16.5. The predicted octanol–water partition coefficient (Wildman–Crippen LogP) is 4.92. The molecule has 0 aliphatic rings. The number of ketones is 1. The van der Waals surface area contributed by atoms with Crippen LogP contribution in [0.2, 0.25) is 0 Å².